The number of rotatable bonds is 6. The lowest BCUT2D eigenvalue weighted by Gasteiger charge is -2.49. The number of ether oxygens (including phenoxy) is 2. The minimum absolute atomic E-state index is 0.00912. The van der Waals surface area contributed by atoms with Crippen LogP contribution >= 0.6 is 0 Å². The van der Waals surface area contributed by atoms with Gasteiger partial charge in [0.2, 0.25) is 0 Å². The number of hydrogen-bond acceptors (Lipinski definition) is 4. The average Bonchev–Trinajstić information content (AvgIpc) is 2.74. The third-order valence-electron chi connectivity index (χ3n) is 6.34. The molecule has 5 heteroatoms. The van der Waals surface area contributed by atoms with Crippen LogP contribution < -0.4 is 14.8 Å². The van der Waals surface area contributed by atoms with Crippen LogP contribution in [0.1, 0.15) is 48.0 Å². The zero-order valence-corrected chi connectivity index (χ0v) is 17.3. The molecule has 0 aliphatic carbocycles. The van der Waals surface area contributed by atoms with Crippen molar-refractivity contribution in [3.63, 3.8) is 0 Å². The Kier molecular flexibility index (Phi) is 6.05. The predicted molar refractivity (Wildman–Crippen MR) is 113 cm³/mol. The summed E-state index contributed by atoms with van der Waals surface area (Å²) >= 11 is 0. The predicted octanol–water partition coefficient (Wildman–Crippen LogP) is 4.02. The van der Waals surface area contributed by atoms with E-state index in [1.165, 1.54) is 24.8 Å². The van der Waals surface area contributed by atoms with E-state index in [-0.39, 0.29) is 11.9 Å². The van der Waals surface area contributed by atoms with Gasteiger partial charge >= 0.3 is 0 Å². The summed E-state index contributed by atoms with van der Waals surface area (Å²) in [6, 6.07) is 16.9. The molecule has 5 nitrogen and oxygen atoms in total. The molecule has 29 heavy (non-hydrogen) atoms. The highest BCUT2D eigenvalue weighted by molar-refractivity contribution is 5.94. The molecule has 1 N–H and O–H groups in total. The molecule has 1 unspecified atom stereocenters. The Balaban J connectivity index is 1.43. The van der Waals surface area contributed by atoms with E-state index in [9.17, 15) is 4.79 Å². The van der Waals surface area contributed by atoms with Gasteiger partial charge in [-0.25, -0.2) is 0 Å². The van der Waals surface area contributed by atoms with Crippen molar-refractivity contribution in [1.82, 2.24) is 10.2 Å². The molecule has 2 aromatic rings. The van der Waals surface area contributed by atoms with Gasteiger partial charge in [-0.2, -0.15) is 0 Å². The number of carbonyl (C=O) groups is 1. The Morgan fingerprint density at radius 2 is 1.79 bits per heavy atom. The van der Waals surface area contributed by atoms with Crippen LogP contribution in [0.5, 0.6) is 11.5 Å². The van der Waals surface area contributed by atoms with Crippen molar-refractivity contribution in [1.29, 1.82) is 0 Å². The third-order valence-corrected chi connectivity index (χ3v) is 6.34. The summed E-state index contributed by atoms with van der Waals surface area (Å²) in [4.78, 5) is 15.4. The maximum atomic E-state index is 12.8. The standard InChI is InChI=1S/C24H30N2O3/c1-28-22-11-5-8-17(13-22)24(27)25-19-14-20-9-6-10-21(15-19)26(20)16-18-7-3-4-12-23(18)29-2/h3-5,7-8,11-13,19-21H,6,9-10,14-16H2,1-2H3,(H,25,27)/t19?,20-,21+. The second kappa shape index (κ2) is 8.87. The first kappa shape index (κ1) is 19.8. The zero-order chi connectivity index (χ0) is 20.2. The van der Waals surface area contributed by atoms with E-state index in [2.05, 4.69) is 22.3 Å². The maximum Gasteiger partial charge on any atom is 0.251 e. The van der Waals surface area contributed by atoms with Gasteiger partial charge in [0.05, 0.1) is 14.2 Å². The van der Waals surface area contributed by atoms with E-state index in [0.717, 1.165) is 25.1 Å². The maximum absolute atomic E-state index is 12.8. The average molecular weight is 395 g/mol. The van der Waals surface area contributed by atoms with Gasteiger partial charge in [0.1, 0.15) is 11.5 Å². The summed E-state index contributed by atoms with van der Waals surface area (Å²) in [6.07, 6.45) is 5.66. The molecule has 0 spiro atoms. The lowest BCUT2D eigenvalue weighted by molar-refractivity contribution is 0.0172. The third kappa shape index (κ3) is 4.40. The number of para-hydroxylation sites is 1. The fourth-order valence-electron chi connectivity index (χ4n) is 4.92. The van der Waals surface area contributed by atoms with Crippen molar-refractivity contribution in [2.24, 2.45) is 0 Å². The van der Waals surface area contributed by atoms with E-state index in [1.54, 1.807) is 20.3 Å². The molecule has 2 bridgehead atoms. The lowest BCUT2D eigenvalue weighted by atomic mass is 9.81. The van der Waals surface area contributed by atoms with Crippen LogP contribution in [0.25, 0.3) is 0 Å². The van der Waals surface area contributed by atoms with Crippen LogP contribution in [0.15, 0.2) is 48.5 Å². The van der Waals surface area contributed by atoms with E-state index in [4.69, 9.17) is 9.47 Å². The van der Waals surface area contributed by atoms with Gasteiger partial charge in [-0.15, -0.1) is 0 Å². The number of fused-ring (bicyclic) bond motifs is 2. The van der Waals surface area contributed by atoms with Crippen molar-refractivity contribution in [2.75, 3.05) is 14.2 Å². The van der Waals surface area contributed by atoms with Crippen molar-refractivity contribution in [3.8, 4) is 11.5 Å². The van der Waals surface area contributed by atoms with Crippen LogP contribution in [-0.2, 0) is 6.54 Å². The number of amides is 1. The number of nitrogens with one attached hydrogen (secondary N) is 1. The summed E-state index contributed by atoms with van der Waals surface area (Å²) in [5.41, 5.74) is 1.90. The molecule has 0 aromatic heterocycles. The van der Waals surface area contributed by atoms with Crippen LogP contribution in [0.3, 0.4) is 0 Å². The van der Waals surface area contributed by atoms with Gasteiger partial charge in [0.15, 0.2) is 0 Å². The molecule has 2 aromatic carbocycles. The smallest absolute Gasteiger partial charge is 0.251 e. The molecular formula is C24H30N2O3. The van der Waals surface area contributed by atoms with E-state index in [1.807, 2.05) is 30.3 Å². The summed E-state index contributed by atoms with van der Waals surface area (Å²) in [5.74, 6) is 1.66. The number of methoxy groups -OCH3 is 2. The molecule has 0 radical (unpaired) electrons. The molecular weight excluding hydrogens is 364 g/mol. The number of carbonyl (C=O) groups excluding carboxylic acids is 1. The molecule has 2 aliphatic rings. The Morgan fingerprint density at radius 1 is 1.03 bits per heavy atom. The topological polar surface area (TPSA) is 50.8 Å². The second-order valence-electron chi connectivity index (χ2n) is 8.10. The van der Waals surface area contributed by atoms with E-state index in [0.29, 0.717) is 23.4 Å². The molecule has 0 saturated carbocycles. The molecule has 154 valence electrons. The van der Waals surface area contributed by atoms with Gasteiger partial charge in [-0.05, 0) is 49.9 Å². The van der Waals surface area contributed by atoms with Crippen LogP contribution in [-0.4, -0.2) is 43.2 Å². The first-order valence-corrected chi connectivity index (χ1v) is 10.5. The fourth-order valence-corrected chi connectivity index (χ4v) is 4.92. The zero-order valence-electron chi connectivity index (χ0n) is 17.3. The first-order chi connectivity index (χ1) is 14.2. The van der Waals surface area contributed by atoms with Crippen molar-refractivity contribution >= 4 is 5.91 Å². The molecule has 2 saturated heterocycles. The number of piperidine rings is 2. The first-order valence-electron chi connectivity index (χ1n) is 10.5. The van der Waals surface area contributed by atoms with Gasteiger partial charge in [-0.1, -0.05) is 30.7 Å². The summed E-state index contributed by atoms with van der Waals surface area (Å²) in [5, 5.41) is 3.28. The second-order valence-corrected chi connectivity index (χ2v) is 8.10. The van der Waals surface area contributed by atoms with Gasteiger partial charge in [-0.3, -0.25) is 9.69 Å². The Hall–Kier alpha value is -2.53. The Morgan fingerprint density at radius 3 is 2.52 bits per heavy atom. The molecule has 2 heterocycles. The number of nitrogens with zero attached hydrogens (tertiary/aromatic N) is 1. The molecule has 4 rings (SSSR count). The highest BCUT2D eigenvalue weighted by Gasteiger charge is 2.38. The quantitative estimate of drug-likeness (QED) is 0.804. The fraction of sp³-hybridized carbons (Fsp3) is 0.458. The molecule has 1 amide bonds. The highest BCUT2D eigenvalue weighted by atomic mass is 16.5. The van der Waals surface area contributed by atoms with E-state index >= 15 is 0 Å². The minimum Gasteiger partial charge on any atom is -0.497 e. The minimum atomic E-state index is -0.00912. The number of benzene rings is 2. The summed E-state index contributed by atoms with van der Waals surface area (Å²) < 4.78 is 10.8. The van der Waals surface area contributed by atoms with Gasteiger partial charge in [0, 0.05) is 35.8 Å². The Bertz CT molecular complexity index is 840. The number of hydrogen-bond donors (Lipinski definition) is 1. The van der Waals surface area contributed by atoms with Crippen LogP contribution in [0.2, 0.25) is 0 Å². The highest BCUT2D eigenvalue weighted by Crippen LogP contribution is 2.36. The monoisotopic (exact) mass is 394 g/mol. The summed E-state index contributed by atoms with van der Waals surface area (Å²) in [6.45, 7) is 0.913. The normalized spacial score (nSPS) is 24.0. The van der Waals surface area contributed by atoms with Crippen molar-refractivity contribution < 1.29 is 14.3 Å². The van der Waals surface area contributed by atoms with Crippen molar-refractivity contribution in [2.45, 2.75) is 56.8 Å². The largest absolute Gasteiger partial charge is 0.497 e. The van der Waals surface area contributed by atoms with Crippen molar-refractivity contribution in [3.05, 3.63) is 59.7 Å². The van der Waals surface area contributed by atoms with Crippen LogP contribution in [0.4, 0.5) is 0 Å². The van der Waals surface area contributed by atoms with Gasteiger partial charge < -0.3 is 14.8 Å². The summed E-state index contributed by atoms with van der Waals surface area (Å²) in [7, 11) is 3.36. The van der Waals surface area contributed by atoms with Crippen LogP contribution in [0, 0.1) is 0 Å². The van der Waals surface area contributed by atoms with E-state index < -0.39 is 0 Å². The van der Waals surface area contributed by atoms with Gasteiger partial charge in [0.25, 0.3) is 5.91 Å². The SMILES string of the molecule is COc1cccc(C(=O)NC2C[C@H]3CCC[C@@H](C2)N3Cc2ccccc2OC)c1. The molecule has 2 aliphatic heterocycles. The molecule has 3 atom stereocenters. The Labute approximate surface area is 173 Å². The molecule has 2 fully saturated rings. The lowest BCUT2D eigenvalue weighted by Crippen LogP contribution is -2.56.